The van der Waals surface area contributed by atoms with Gasteiger partial charge in [-0.1, -0.05) is 6.07 Å². The number of carbonyl (C=O) groups excluding carboxylic acids is 2. The van der Waals surface area contributed by atoms with Gasteiger partial charge in [-0.25, -0.2) is 8.78 Å². The Morgan fingerprint density at radius 1 is 1.06 bits per heavy atom. The molecule has 1 aromatic heterocycles. The Balaban J connectivity index is 1.84. The Kier molecular flexibility index (Phi) is 5.80. The van der Waals surface area contributed by atoms with Gasteiger partial charge in [0.15, 0.2) is 11.6 Å². The van der Waals surface area contributed by atoms with E-state index < -0.39 is 29.4 Å². The van der Waals surface area contributed by atoms with Gasteiger partial charge in [0.05, 0.1) is 11.7 Å². The van der Waals surface area contributed by atoms with Gasteiger partial charge in [0.25, 0.3) is 11.7 Å². The molecule has 1 unspecified atom stereocenters. The molecule has 3 aromatic rings. The fourth-order valence-corrected chi connectivity index (χ4v) is 4.39. The normalized spacial score (nSPS) is 17.9. The summed E-state index contributed by atoms with van der Waals surface area (Å²) >= 11 is 1.28. The summed E-state index contributed by atoms with van der Waals surface area (Å²) in [5.74, 6) is -3.82. The van der Waals surface area contributed by atoms with Crippen molar-refractivity contribution in [3.8, 4) is 5.75 Å². The van der Waals surface area contributed by atoms with E-state index >= 15 is 0 Å². The second-order valence-electron chi connectivity index (χ2n) is 7.47. The first-order valence-electron chi connectivity index (χ1n) is 9.84. The lowest BCUT2D eigenvalue weighted by molar-refractivity contribution is -0.132. The second-order valence-corrected chi connectivity index (χ2v) is 8.45. The Labute approximate surface area is 187 Å². The molecule has 5 nitrogen and oxygen atoms in total. The number of anilines is 1. The van der Waals surface area contributed by atoms with Crippen LogP contribution in [-0.2, 0) is 9.59 Å². The van der Waals surface area contributed by atoms with E-state index in [9.17, 15) is 23.5 Å². The van der Waals surface area contributed by atoms with Gasteiger partial charge in [-0.15, -0.1) is 11.3 Å². The third-order valence-electron chi connectivity index (χ3n) is 4.94. The van der Waals surface area contributed by atoms with Gasteiger partial charge in [0.2, 0.25) is 0 Å². The van der Waals surface area contributed by atoms with Crippen molar-refractivity contribution in [2.24, 2.45) is 0 Å². The number of nitrogens with zero attached hydrogens (tertiary/aromatic N) is 1. The van der Waals surface area contributed by atoms with Gasteiger partial charge in [0, 0.05) is 22.2 Å². The molecule has 1 saturated heterocycles. The zero-order chi connectivity index (χ0) is 23.0. The summed E-state index contributed by atoms with van der Waals surface area (Å²) < 4.78 is 33.0. The summed E-state index contributed by atoms with van der Waals surface area (Å²) in [5, 5.41) is 12.8. The molecule has 164 valence electrons. The number of Topliss-reactive ketones (excluding diaryl/α,β-unsaturated/α-hetero) is 1. The summed E-state index contributed by atoms with van der Waals surface area (Å²) in [4.78, 5) is 27.6. The molecule has 1 fully saturated rings. The van der Waals surface area contributed by atoms with Crippen LogP contribution in [0.3, 0.4) is 0 Å². The van der Waals surface area contributed by atoms with Crippen LogP contribution >= 0.6 is 11.3 Å². The predicted octanol–water partition coefficient (Wildman–Crippen LogP) is 5.44. The highest BCUT2D eigenvalue weighted by Gasteiger charge is 2.47. The molecule has 1 amide bonds. The van der Waals surface area contributed by atoms with Crippen molar-refractivity contribution < 1.29 is 28.2 Å². The lowest BCUT2D eigenvalue weighted by atomic mass is 9.99. The van der Waals surface area contributed by atoms with E-state index in [2.05, 4.69) is 0 Å². The molecule has 0 spiro atoms. The number of hydrogen-bond donors (Lipinski definition) is 1. The van der Waals surface area contributed by atoms with Crippen LogP contribution in [0.5, 0.6) is 5.75 Å². The summed E-state index contributed by atoms with van der Waals surface area (Å²) in [5.41, 5.74) is 0.217. The Morgan fingerprint density at radius 3 is 2.38 bits per heavy atom. The number of aliphatic hydroxyl groups excluding tert-OH is 1. The average Bonchev–Trinajstić information content (AvgIpc) is 3.37. The van der Waals surface area contributed by atoms with Crippen LogP contribution in [0.25, 0.3) is 5.76 Å². The number of rotatable bonds is 5. The molecule has 1 atom stereocenters. The summed E-state index contributed by atoms with van der Waals surface area (Å²) in [6, 6.07) is 11.9. The predicted molar refractivity (Wildman–Crippen MR) is 118 cm³/mol. The number of amides is 1. The molecule has 4 rings (SSSR count). The van der Waals surface area contributed by atoms with Crippen LogP contribution in [0.15, 0.2) is 65.6 Å². The Morgan fingerprint density at radius 2 is 1.78 bits per heavy atom. The van der Waals surface area contributed by atoms with E-state index in [0.29, 0.717) is 16.2 Å². The van der Waals surface area contributed by atoms with E-state index in [4.69, 9.17) is 4.74 Å². The topological polar surface area (TPSA) is 66.8 Å². The number of aliphatic hydroxyl groups is 1. The monoisotopic (exact) mass is 455 g/mol. The third kappa shape index (κ3) is 3.89. The van der Waals surface area contributed by atoms with E-state index in [0.717, 1.165) is 17.0 Å². The van der Waals surface area contributed by atoms with Crippen LogP contribution in [0.4, 0.5) is 14.5 Å². The highest BCUT2D eigenvalue weighted by molar-refractivity contribution is 7.10. The molecule has 0 bridgehead atoms. The number of ketones is 1. The fraction of sp³-hybridized carbons (Fsp3) is 0.167. The van der Waals surface area contributed by atoms with Crippen molar-refractivity contribution in [2.45, 2.75) is 26.0 Å². The van der Waals surface area contributed by atoms with Gasteiger partial charge in [-0.05, 0) is 61.7 Å². The number of benzene rings is 2. The minimum absolute atomic E-state index is 0.0177. The number of ether oxygens (including phenoxy) is 1. The maximum absolute atomic E-state index is 13.9. The van der Waals surface area contributed by atoms with Gasteiger partial charge in [-0.2, -0.15) is 0 Å². The molecule has 1 aliphatic heterocycles. The Bertz CT molecular complexity index is 1200. The van der Waals surface area contributed by atoms with E-state index in [-0.39, 0.29) is 23.1 Å². The van der Waals surface area contributed by atoms with Crippen molar-refractivity contribution in [1.29, 1.82) is 0 Å². The van der Waals surface area contributed by atoms with Crippen molar-refractivity contribution in [1.82, 2.24) is 0 Å². The zero-order valence-corrected chi connectivity index (χ0v) is 18.0. The van der Waals surface area contributed by atoms with Crippen LogP contribution in [0, 0.1) is 11.6 Å². The largest absolute Gasteiger partial charge is 0.507 e. The lowest BCUT2D eigenvalue weighted by Gasteiger charge is -2.24. The standard InChI is InChI=1S/C24H19F2NO4S/c1-13(2)31-16-8-5-14(6-9-16)22(28)20-21(19-4-3-11-32-19)27(24(30)23(20)29)15-7-10-17(25)18(26)12-15/h3-13,21,28H,1-2H3/b22-20-. The highest BCUT2D eigenvalue weighted by atomic mass is 32.1. The number of halogens is 2. The Hall–Kier alpha value is -3.52. The van der Waals surface area contributed by atoms with Crippen LogP contribution in [-0.4, -0.2) is 22.9 Å². The number of thiophene rings is 1. The minimum Gasteiger partial charge on any atom is -0.507 e. The van der Waals surface area contributed by atoms with Crippen molar-refractivity contribution in [3.05, 3.63) is 87.6 Å². The van der Waals surface area contributed by atoms with Crippen molar-refractivity contribution in [3.63, 3.8) is 0 Å². The van der Waals surface area contributed by atoms with Crippen LogP contribution < -0.4 is 9.64 Å². The molecular formula is C24H19F2NO4S. The smallest absolute Gasteiger partial charge is 0.300 e. The molecule has 1 N–H and O–H groups in total. The molecule has 0 saturated carbocycles. The highest BCUT2D eigenvalue weighted by Crippen LogP contribution is 2.43. The molecule has 0 radical (unpaired) electrons. The first kappa shape index (κ1) is 21.7. The third-order valence-corrected chi connectivity index (χ3v) is 5.86. The van der Waals surface area contributed by atoms with E-state index in [1.807, 2.05) is 13.8 Å². The molecule has 32 heavy (non-hydrogen) atoms. The first-order valence-corrected chi connectivity index (χ1v) is 10.7. The zero-order valence-electron chi connectivity index (χ0n) is 17.2. The van der Waals surface area contributed by atoms with Gasteiger partial charge >= 0.3 is 0 Å². The van der Waals surface area contributed by atoms with Crippen molar-refractivity contribution in [2.75, 3.05) is 4.90 Å². The van der Waals surface area contributed by atoms with Crippen LogP contribution in [0.1, 0.15) is 30.3 Å². The average molecular weight is 455 g/mol. The lowest BCUT2D eigenvalue weighted by Crippen LogP contribution is -2.29. The fourth-order valence-electron chi connectivity index (χ4n) is 3.57. The SMILES string of the molecule is CC(C)Oc1ccc(/C(O)=C2/C(=O)C(=O)N(c3ccc(F)c(F)c3)C2c2cccs2)cc1. The summed E-state index contributed by atoms with van der Waals surface area (Å²) in [6.45, 7) is 3.77. The summed E-state index contributed by atoms with van der Waals surface area (Å²) in [7, 11) is 0. The maximum Gasteiger partial charge on any atom is 0.300 e. The second kappa shape index (κ2) is 8.55. The van der Waals surface area contributed by atoms with Crippen LogP contribution in [0.2, 0.25) is 0 Å². The quantitative estimate of drug-likeness (QED) is 0.316. The molecule has 1 aliphatic rings. The molecule has 0 aliphatic carbocycles. The van der Waals surface area contributed by atoms with E-state index in [1.54, 1.807) is 41.8 Å². The minimum atomic E-state index is -1.14. The maximum atomic E-state index is 13.9. The van der Waals surface area contributed by atoms with E-state index in [1.165, 1.54) is 17.4 Å². The number of hydrogen-bond acceptors (Lipinski definition) is 5. The van der Waals surface area contributed by atoms with Gasteiger partial charge in [0.1, 0.15) is 17.6 Å². The molecule has 2 heterocycles. The molecule has 8 heteroatoms. The van der Waals surface area contributed by atoms with Gasteiger partial charge in [-0.3, -0.25) is 14.5 Å². The molecule has 2 aromatic carbocycles. The van der Waals surface area contributed by atoms with Gasteiger partial charge < -0.3 is 9.84 Å². The van der Waals surface area contributed by atoms with Crippen molar-refractivity contribution >= 4 is 34.5 Å². The number of carbonyl (C=O) groups is 2. The molecular weight excluding hydrogens is 436 g/mol. The first-order chi connectivity index (χ1) is 15.3. The summed E-state index contributed by atoms with van der Waals surface area (Å²) in [6.07, 6.45) is -0.0327.